The molecule has 7 nitrogen and oxygen atoms in total. The lowest BCUT2D eigenvalue weighted by molar-refractivity contribution is -0.115. The van der Waals surface area contributed by atoms with E-state index in [4.69, 9.17) is 5.26 Å². The fourth-order valence-corrected chi connectivity index (χ4v) is 6.29. The van der Waals surface area contributed by atoms with Crippen LogP contribution in [0.1, 0.15) is 49.7 Å². The van der Waals surface area contributed by atoms with Gasteiger partial charge in [0.05, 0.1) is 18.1 Å². The van der Waals surface area contributed by atoms with Gasteiger partial charge in [0.2, 0.25) is 5.91 Å². The molecule has 1 saturated heterocycles. The van der Waals surface area contributed by atoms with Crippen molar-refractivity contribution < 1.29 is 4.79 Å². The molecule has 2 aliphatic heterocycles. The van der Waals surface area contributed by atoms with Gasteiger partial charge in [0, 0.05) is 48.8 Å². The number of carbonyl (C=O) groups is 1. The number of aromatic nitrogens is 1. The van der Waals surface area contributed by atoms with E-state index in [2.05, 4.69) is 56.2 Å². The molecule has 1 saturated carbocycles. The zero-order chi connectivity index (χ0) is 25.9. The molecule has 1 aromatic heterocycles. The summed E-state index contributed by atoms with van der Waals surface area (Å²) in [5, 5.41) is 19.8. The molecule has 2 fully saturated rings. The molecule has 3 N–H and O–H groups in total. The minimum atomic E-state index is 0.0523. The molecule has 3 aromatic rings. The number of nitrogens with one attached hydrogen (secondary N) is 3. The SMILES string of the molecule is N#Cc1ccc(N2CCC[C@H](N[C@@H]3CCCC[C@H]3Nc3cc(-c4cccc5c4CC(=O)N5)ccn3)C2)cc1. The van der Waals surface area contributed by atoms with Crippen LogP contribution in [-0.4, -0.2) is 42.1 Å². The highest BCUT2D eigenvalue weighted by molar-refractivity contribution is 6.01. The number of nitriles is 1. The number of fused-ring (bicyclic) bond motifs is 1. The maximum absolute atomic E-state index is 12.0. The summed E-state index contributed by atoms with van der Waals surface area (Å²) < 4.78 is 0. The van der Waals surface area contributed by atoms with Crippen molar-refractivity contribution in [3.8, 4) is 17.2 Å². The molecule has 1 aliphatic carbocycles. The summed E-state index contributed by atoms with van der Waals surface area (Å²) in [4.78, 5) is 19.1. The minimum absolute atomic E-state index is 0.0523. The van der Waals surface area contributed by atoms with Gasteiger partial charge in [0.1, 0.15) is 5.82 Å². The first-order valence-corrected chi connectivity index (χ1v) is 13.8. The molecule has 3 atom stereocenters. The quantitative estimate of drug-likeness (QED) is 0.431. The van der Waals surface area contributed by atoms with Crippen molar-refractivity contribution in [1.82, 2.24) is 10.3 Å². The Balaban J connectivity index is 1.14. The molecule has 2 aromatic carbocycles. The van der Waals surface area contributed by atoms with Gasteiger partial charge in [-0.3, -0.25) is 4.79 Å². The fourth-order valence-electron chi connectivity index (χ4n) is 6.29. The molecule has 0 unspecified atom stereocenters. The van der Waals surface area contributed by atoms with Gasteiger partial charge >= 0.3 is 0 Å². The first kappa shape index (κ1) is 24.4. The van der Waals surface area contributed by atoms with Crippen LogP contribution in [0.25, 0.3) is 11.1 Å². The Labute approximate surface area is 224 Å². The Morgan fingerprint density at radius 1 is 1.00 bits per heavy atom. The van der Waals surface area contributed by atoms with Crippen molar-refractivity contribution >= 4 is 23.1 Å². The summed E-state index contributed by atoms with van der Waals surface area (Å²) in [5.74, 6) is 0.940. The van der Waals surface area contributed by atoms with E-state index in [-0.39, 0.29) is 5.91 Å². The highest BCUT2D eigenvalue weighted by Crippen LogP contribution is 2.34. The Hall–Kier alpha value is -3.89. The summed E-state index contributed by atoms with van der Waals surface area (Å²) in [6, 6.07) is 21.5. The van der Waals surface area contributed by atoms with Crippen molar-refractivity contribution in [3.05, 3.63) is 71.9 Å². The van der Waals surface area contributed by atoms with Crippen LogP contribution in [0.5, 0.6) is 0 Å². The number of amides is 1. The van der Waals surface area contributed by atoms with E-state index in [1.807, 2.05) is 36.5 Å². The zero-order valence-corrected chi connectivity index (χ0v) is 21.6. The van der Waals surface area contributed by atoms with Gasteiger partial charge in [-0.25, -0.2) is 4.98 Å². The highest BCUT2D eigenvalue weighted by Gasteiger charge is 2.30. The van der Waals surface area contributed by atoms with Crippen LogP contribution in [-0.2, 0) is 11.2 Å². The molecule has 38 heavy (non-hydrogen) atoms. The summed E-state index contributed by atoms with van der Waals surface area (Å²) in [5.41, 5.74) is 6.06. The summed E-state index contributed by atoms with van der Waals surface area (Å²) in [6.07, 6.45) is 9.36. The van der Waals surface area contributed by atoms with Gasteiger partial charge in [0.15, 0.2) is 0 Å². The average Bonchev–Trinajstić information content (AvgIpc) is 3.35. The molecular weight excluding hydrogens is 472 g/mol. The smallest absolute Gasteiger partial charge is 0.228 e. The normalized spacial score (nSPS) is 22.9. The number of hydrogen-bond acceptors (Lipinski definition) is 6. The number of nitrogens with zero attached hydrogens (tertiary/aromatic N) is 3. The first-order chi connectivity index (χ1) is 18.7. The molecule has 7 heteroatoms. The third kappa shape index (κ3) is 5.23. The minimum Gasteiger partial charge on any atom is -0.370 e. The topological polar surface area (TPSA) is 93.1 Å². The van der Waals surface area contributed by atoms with Gasteiger partial charge in [0.25, 0.3) is 0 Å². The third-order valence-corrected chi connectivity index (χ3v) is 8.19. The number of anilines is 3. The van der Waals surface area contributed by atoms with Crippen molar-refractivity contribution in [2.45, 2.75) is 63.1 Å². The van der Waals surface area contributed by atoms with Gasteiger partial charge in [-0.1, -0.05) is 25.0 Å². The van der Waals surface area contributed by atoms with Crippen molar-refractivity contribution in [3.63, 3.8) is 0 Å². The monoisotopic (exact) mass is 506 g/mol. The number of hydrogen-bond donors (Lipinski definition) is 3. The highest BCUT2D eigenvalue weighted by atomic mass is 16.1. The third-order valence-electron chi connectivity index (χ3n) is 8.19. The van der Waals surface area contributed by atoms with Crippen LogP contribution in [0.4, 0.5) is 17.2 Å². The Bertz CT molecular complexity index is 1350. The Kier molecular flexibility index (Phi) is 6.98. The first-order valence-electron chi connectivity index (χ1n) is 13.8. The van der Waals surface area contributed by atoms with Gasteiger partial charge in [-0.2, -0.15) is 5.26 Å². The number of piperidine rings is 1. The summed E-state index contributed by atoms with van der Waals surface area (Å²) in [7, 11) is 0. The molecule has 194 valence electrons. The van der Waals surface area contributed by atoms with Gasteiger partial charge in [-0.05, 0) is 84.8 Å². The molecule has 3 aliphatic rings. The number of rotatable bonds is 6. The molecular formula is C31H34N6O. The van der Waals surface area contributed by atoms with E-state index < -0.39 is 0 Å². The number of benzene rings is 2. The Morgan fingerprint density at radius 3 is 2.68 bits per heavy atom. The second-order valence-corrected chi connectivity index (χ2v) is 10.7. The lowest BCUT2D eigenvalue weighted by Crippen LogP contribution is -2.54. The molecule has 3 heterocycles. The van der Waals surface area contributed by atoms with E-state index in [9.17, 15) is 4.79 Å². The standard InChI is InChI=1S/C31H34N6O/c32-19-21-10-12-24(13-11-21)37-16-4-5-23(20-37)34-28-7-1-2-8-29(28)35-30-17-22(14-15-33-30)25-6-3-9-27-26(25)18-31(38)36-27/h3,6,9-15,17,23,28-29,34H,1-2,4-5,7-8,16,18,20H2,(H,33,35)(H,36,38)/t23-,28+,29+/m0/s1. The summed E-state index contributed by atoms with van der Waals surface area (Å²) >= 11 is 0. The second-order valence-electron chi connectivity index (χ2n) is 10.7. The van der Waals surface area contributed by atoms with E-state index in [0.717, 1.165) is 60.5 Å². The fraction of sp³-hybridized carbons (Fsp3) is 0.387. The average molecular weight is 507 g/mol. The van der Waals surface area contributed by atoms with Crippen molar-refractivity contribution in [1.29, 1.82) is 5.26 Å². The maximum Gasteiger partial charge on any atom is 0.228 e. The van der Waals surface area contributed by atoms with Crippen molar-refractivity contribution in [2.75, 3.05) is 28.6 Å². The Morgan fingerprint density at radius 2 is 1.84 bits per heavy atom. The van der Waals surface area contributed by atoms with E-state index in [0.29, 0.717) is 30.1 Å². The van der Waals surface area contributed by atoms with Crippen LogP contribution in [0.2, 0.25) is 0 Å². The summed E-state index contributed by atoms with van der Waals surface area (Å²) in [6.45, 7) is 2.03. The molecule has 0 radical (unpaired) electrons. The van der Waals surface area contributed by atoms with Gasteiger partial charge in [-0.15, -0.1) is 0 Å². The van der Waals surface area contributed by atoms with Crippen LogP contribution >= 0.6 is 0 Å². The van der Waals surface area contributed by atoms with Crippen LogP contribution in [0, 0.1) is 11.3 Å². The predicted octanol–water partition coefficient (Wildman–Crippen LogP) is 5.10. The molecule has 1 amide bonds. The lowest BCUT2D eigenvalue weighted by Gasteiger charge is -2.40. The van der Waals surface area contributed by atoms with E-state index >= 15 is 0 Å². The van der Waals surface area contributed by atoms with E-state index in [1.54, 1.807) is 0 Å². The molecule has 0 bridgehead atoms. The number of pyridine rings is 1. The molecule has 0 spiro atoms. The number of carbonyl (C=O) groups excluding carboxylic acids is 1. The van der Waals surface area contributed by atoms with Crippen LogP contribution in [0.3, 0.4) is 0 Å². The lowest BCUT2D eigenvalue weighted by atomic mass is 9.89. The maximum atomic E-state index is 12.0. The second kappa shape index (κ2) is 10.8. The van der Waals surface area contributed by atoms with Gasteiger partial charge < -0.3 is 20.9 Å². The molecule has 6 rings (SSSR count). The van der Waals surface area contributed by atoms with Crippen LogP contribution < -0.4 is 20.9 Å². The largest absolute Gasteiger partial charge is 0.370 e. The predicted molar refractivity (Wildman–Crippen MR) is 151 cm³/mol. The van der Waals surface area contributed by atoms with Crippen molar-refractivity contribution in [2.24, 2.45) is 0 Å². The van der Waals surface area contributed by atoms with Crippen LogP contribution in [0.15, 0.2) is 60.8 Å². The zero-order valence-electron chi connectivity index (χ0n) is 21.6. The van der Waals surface area contributed by atoms with E-state index in [1.165, 1.54) is 24.9 Å².